The molecule has 1 heterocycles. The maximum absolute atomic E-state index is 2.38. The van der Waals surface area contributed by atoms with Crippen molar-refractivity contribution in [2.24, 2.45) is 5.41 Å². The fraction of sp³-hybridized carbons (Fsp3) is 0.818. The Labute approximate surface area is 79.8 Å². The molecule has 0 bridgehead atoms. The van der Waals surface area contributed by atoms with E-state index >= 15 is 0 Å². The fourth-order valence-electron chi connectivity index (χ4n) is 2.50. The van der Waals surface area contributed by atoms with Gasteiger partial charge in [-0.1, -0.05) is 20.8 Å². The second kappa shape index (κ2) is 2.54. The molecule has 1 rings (SSSR count). The van der Waals surface area contributed by atoms with Crippen LogP contribution in [0.25, 0.3) is 0 Å². The highest BCUT2D eigenvalue weighted by molar-refractivity contribution is 8.02. The molecule has 0 N–H and O–H groups in total. The monoisotopic (exact) mass is 185 g/mol. The molecule has 0 spiro atoms. The molecule has 0 aromatic heterocycles. The van der Waals surface area contributed by atoms with Gasteiger partial charge in [-0.3, -0.25) is 0 Å². The predicted molar refractivity (Wildman–Crippen MR) is 59.5 cm³/mol. The van der Waals surface area contributed by atoms with Gasteiger partial charge < -0.3 is 0 Å². The van der Waals surface area contributed by atoms with Crippen molar-refractivity contribution in [3.05, 3.63) is 10.5 Å². The lowest BCUT2D eigenvalue weighted by Crippen LogP contribution is -2.48. The van der Waals surface area contributed by atoms with Gasteiger partial charge in [0, 0.05) is 23.4 Å². The van der Waals surface area contributed by atoms with Crippen molar-refractivity contribution in [3.63, 3.8) is 0 Å². The van der Waals surface area contributed by atoms with Gasteiger partial charge in [-0.15, -0.1) is 0 Å². The van der Waals surface area contributed by atoms with Crippen molar-refractivity contribution < 1.29 is 0 Å². The number of rotatable bonds is 0. The Morgan fingerprint density at radius 3 is 1.75 bits per heavy atom. The van der Waals surface area contributed by atoms with Gasteiger partial charge in [0.15, 0.2) is 4.75 Å². The van der Waals surface area contributed by atoms with Crippen LogP contribution < -0.4 is 0 Å². The summed E-state index contributed by atoms with van der Waals surface area (Å²) in [5.41, 5.74) is 2.05. The van der Waals surface area contributed by atoms with Crippen LogP contribution in [0, 0.1) is 5.41 Å². The van der Waals surface area contributed by atoms with Gasteiger partial charge in [-0.2, -0.15) is 0 Å². The molecule has 0 fully saturated rings. The van der Waals surface area contributed by atoms with Gasteiger partial charge in [0.05, 0.1) is 0 Å². The summed E-state index contributed by atoms with van der Waals surface area (Å²) in [6.45, 7) is 14.0. The average molecular weight is 185 g/mol. The van der Waals surface area contributed by atoms with E-state index in [0.717, 1.165) is 0 Å². The maximum Gasteiger partial charge on any atom is 0.153 e. The Kier molecular flexibility index (Phi) is 2.15. The summed E-state index contributed by atoms with van der Waals surface area (Å²) >= 11 is 0. The Hall–Kier alpha value is 0.0900. The zero-order valence-corrected chi connectivity index (χ0v) is 10.2. The summed E-state index contributed by atoms with van der Waals surface area (Å²) < 4.78 is 0.461. The molecule has 1 aliphatic heterocycles. The summed E-state index contributed by atoms with van der Waals surface area (Å²) in [6, 6.07) is 0. The van der Waals surface area contributed by atoms with Crippen molar-refractivity contribution in [1.82, 2.24) is 0 Å². The van der Waals surface area contributed by atoms with Gasteiger partial charge in [-0.05, 0) is 19.3 Å². The highest BCUT2D eigenvalue weighted by atomic mass is 32.2. The van der Waals surface area contributed by atoms with E-state index in [1.165, 1.54) is 0 Å². The molecule has 0 radical (unpaired) electrons. The van der Waals surface area contributed by atoms with Gasteiger partial charge >= 0.3 is 0 Å². The van der Waals surface area contributed by atoms with Crippen LogP contribution in [-0.4, -0.2) is 11.0 Å². The van der Waals surface area contributed by atoms with Crippen LogP contribution in [0.3, 0.4) is 0 Å². The fourth-order valence-corrected chi connectivity index (χ4v) is 4.74. The van der Waals surface area contributed by atoms with Gasteiger partial charge in [0.25, 0.3) is 0 Å². The molecule has 12 heavy (non-hydrogen) atoms. The molecule has 0 amide bonds. The van der Waals surface area contributed by atoms with E-state index in [1.54, 1.807) is 10.5 Å². The van der Waals surface area contributed by atoms with Crippen molar-refractivity contribution >= 4 is 10.9 Å². The van der Waals surface area contributed by atoms with Crippen molar-refractivity contribution in [1.29, 1.82) is 0 Å². The molecular weight excluding hydrogens is 164 g/mol. The molecule has 0 aromatic carbocycles. The van der Waals surface area contributed by atoms with E-state index < -0.39 is 0 Å². The lowest BCUT2D eigenvalue weighted by molar-refractivity contribution is 0.450. The van der Waals surface area contributed by atoms with E-state index in [4.69, 9.17) is 0 Å². The first-order valence-electron chi connectivity index (χ1n) is 4.57. The van der Waals surface area contributed by atoms with Crippen LogP contribution in [0.4, 0.5) is 0 Å². The molecule has 0 saturated carbocycles. The van der Waals surface area contributed by atoms with Crippen LogP contribution in [0.2, 0.25) is 0 Å². The van der Waals surface area contributed by atoms with Crippen LogP contribution in [0.5, 0.6) is 0 Å². The lowest BCUT2D eigenvalue weighted by atomic mass is 9.78. The number of hydrogen-bond acceptors (Lipinski definition) is 0. The standard InChI is InChI=1S/C11H21S/c1-8-9(10(2,3)4)11(5,6)12(8)7/h1-7H3/q+1. The minimum absolute atomic E-state index is 0.368. The minimum atomic E-state index is 0.368. The second-order valence-corrected chi connectivity index (χ2v) is 7.86. The topological polar surface area (TPSA) is 0 Å². The van der Waals surface area contributed by atoms with Crippen molar-refractivity contribution in [2.75, 3.05) is 6.26 Å². The molecule has 1 heteroatoms. The van der Waals surface area contributed by atoms with Crippen LogP contribution in [0.1, 0.15) is 41.5 Å². The first-order valence-corrected chi connectivity index (χ1v) is 6.20. The first kappa shape index (κ1) is 10.2. The first-order chi connectivity index (χ1) is 5.19. The Morgan fingerprint density at radius 2 is 1.58 bits per heavy atom. The molecule has 70 valence electrons. The number of hydrogen-bond donors (Lipinski definition) is 0. The van der Waals surface area contributed by atoms with E-state index in [2.05, 4.69) is 47.8 Å². The van der Waals surface area contributed by atoms with E-state index in [-0.39, 0.29) is 0 Å². The normalized spacial score (nSPS) is 28.8. The largest absolute Gasteiger partial charge is 0.153 e. The molecule has 0 saturated heterocycles. The number of allylic oxidation sites excluding steroid dienone is 1. The zero-order chi connectivity index (χ0) is 9.73. The third-order valence-corrected chi connectivity index (χ3v) is 5.79. The molecule has 0 aliphatic carbocycles. The average Bonchev–Trinajstić information content (AvgIpc) is 1.83. The summed E-state index contributed by atoms with van der Waals surface area (Å²) in [4.78, 5) is 1.65. The smallest absolute Gasteiger partial charge is 0.0560 e. The van der Waals surface area contributed by atoms with Gasteiger partial charge in [-0.25, -0.2) is 0 Å². The third kappa shape index (κ3) is 1.22. The third-order valence-electron chi connectivity index (χ3n) is 2.93. The lowest BCUT2D eigenvalue weighted by Gasteiger charge is -2.42. The Morgan fingerprint density at radius 1 is 1.17 bits per heavy atom. The summed E-state index contributed by atoms with van der Waals surface area (Å²) in [5.74, 6) is 0. The second-order valence-electron chi connectivity index (χ2n) is 5.20. The van der Waals surface area contributed by atoms with E-state index in [1.807, 2.05) is 0 Å². The summed E-state index contributed by atoms with van der Waals surface area (Å²) in [5, 5.41) is 0. The molecule has 0 aromatic rings. The van der Waals surface area contributed by atoms with Gasteiger partial charge in [0.1, 0.15) is 11.2 Å². The van der Waals surface area contributed by atoms with Crippen LogP contribution in [0.15, 0.2) is 10.5 Å². The Bertz CT molecular complexity index is 228. The van der Waals surface area contributed by atoms with E-state index in [9.17, 15) is 0 Å². The zero-order valence-electron chi connectivity index (χ0n) is 9.41. The van der Waals surface area contributed by atoms with E-state index in [0.29, 0.717) is 21.1 Å². The van der Waals surface area contributed by atoms with Crippen molar-refractivity contribution in [2.45, 2.75) is 46.3 Å². The van der Waals surface area contributed by atoms with Crippen molar-refractivity contribution in [3.8, 4) is 0 Å². The predicted octanol–water partition coefficient (Wildman–Crippen LogP) is 3.35. The summed E-state index contributed by atoms with van der Waals surface area (Å²) in [6.07, 6.45) is 2.37. The molecule has 1 atom stereocenters. The van der Waals surface area contributed by atoms with Crippen LogP contribution >= 0.6 is 0 Å². The Balaban J connectivity index is 3.08. The molecular formula is C11H21S+. The molecule has 1 aliphatic rings. The highest BCUT2D eigenvalue weighted by Crippen LogP contribution is 2.51. The highest BCUT2D eigenvalue weighted by Gasteiger charge is 2.56. The maximum atomic E-state index is 2.38. The van der Waals surface area contributed by atoms with Gasteiger partial charge in [0.2, 0.25) is 0 Å². The molecule has 0 nitrogen and oxygen atoms in total. The quantitative estimate of drug-likeness (QED) is 0.508. The minimum Gasteiger partial charge on any atom is -0.0560 e. The van der Waals surface area contributed by atoms with Crippen LogP contribution in [-0.2, 0) is 10.9 Å². The SMILES string of the molecule is CC1=C(C(C)(C)C)C(C)(C)[S+]1C. The molecule has 1 unspecified atom stereocenters. The summed E-state index contributed by atoms with van der Waals surface area (Å²) in [7, 11) is 0.506.